The van der Waals surface area contributed by atoms with Crippen LogP contribution in [0.4, 0.5) is 0 Å². The molecule has 5 nitrogen and oxygen atoms in total. The molecule has 0 fully saturated rings. The normalized spacial score (nSPS) is 10.9. The minimum atomic E-state index is -0.977. The van der Waals surface area contributed by atoms with Crippen LogP contribution in [0.2, 0.25) is 0 Å². The van der Waals surface area contributed by atoms with E-state index in [0.717, 1.165) is 28.3 Å². The summed E-state index contributed by atoms with van der Waals surface area (Å²) in [5.41, 5.74) is 4.92. The Morgan fingerprint density at radius 1 is 1.03 bits per heavy atom. The number of rotatable bonds is 7. The lowest BCUT2D eigenvalue weighted by molar-refractivity contribution is -0.131. The summed E-state index contributed by atoms with van der Waals surface area (Å²) < 4.78 is 11.7. The monoisotopic (exact) mass is 389 g/mol. The van der Waals surface area contributed by atoms with Crippen LogP contribution in [0, 0.1) is 20.8 Å². The average Bonchev–Trinajstić information content (AvgIpc) is 2.69. The van der Waals surface area contributed by atoms with Gasteiger partial charge in [-0.2, -0.15) is 0 Å². The van der Waals surface area contributed by atoms with Gasteiger partial charge in [-0.3, -0.25) is 0 Å². The molecule has 0 unspecified atom stereocenters. The molecule has 3 rings (SSSR count). The SMILES string of the molecule is Cc1ccc(COc2ccc(Oc3c(C)cc(C=CC(=O)O)cc3C)nc2)cc1. The number of aliphatic carboxylic acids is 1. The quantitative estimate of drug-likeness (QED) is 0.542. The van der Waals surface area contributed by atoms with Crippen LogP contribution < -0.4 is 9.47 Å². The second-order valence-corrected chi connectivity index (χ2v) is 6.86. The van der Waals surface area contributed by atoms with E-state index in [4.69, 9.17) is 14.6 Å². The molecule has 0 atom stereocenters. The number of hydrogen-bond acceptors (Lipinski definition) is 4. The Bertz CT molecular complexity index is 999. The molecule has 3 aromatic rings. The molecular formula is C24H23NO4. The number of carboxylic acid groups (broad SMARTS) is 1. The van der Waals surface area contributed by atoms with Gasteiger partial charge in [-0.1, -0.05) is 29.8 Å². The van der Waals surface area contributed by atoms with E-state index in [-0.39, 0.29) is 0 Å². The summed E-state index contributed by atoms with van der Waals surface area (Å²) in [6.45, 7) is 6.36. The number of carbonyl (C=O) groups is 1. The van der Waals surface area contributed by atoms with E-state index >= 15 is 0 Å². The zero-order valence-corrected chi connectivity index (χ0v) is 16.7. The number of ether oxygens (including phenoxy) is 2. The van der Waals surface area contributed by atoms with Crippen molar-refractivity contribution in [1.29, 1.82) is 0 Å². The lowest BCUT2D eigenvalue weighted by Crippen LogP contribution is -1.97. The van der Waals surface area contributed by atoms with Gasteiger partial charge in [0, 0.05) is 12.1 Å². The molecule has 0 aliphatic rings. The van der Waals surface area contributed by atoms with E-state index < -0.39 is 5.97 Å². The zero-order valence-electron chi connectivity index (χ0n) is 16.7. The first-order chi connectivity index (χ1) is 13.9. The smallest absolute Gasteiger partial charge is 0.328 e. The predicted octanol–water partition coefficient (Wildman–Crippen LogP) is 5.48. The molecule has 1 N–H and O–H groups in total. The van der Waals surface area contributed by atoms with Gasteiger partial charge in [0.15, 0.2) is 0 Å². The molecule has 0 radical (unpaired) electrons. The van der Waals surface area contributed by atoms with E-state index in [1.807, 2.05) is 44.2 Å². The fourth-order valence-corrected chi connectivity index (χ4v) is 2.88. The fourth-order valence-electron chi connectivity index (χ4n) is 2.88. The molecule has 0 saturated carbocycles. The Kier molecular flexibility index (Phi) is 6.29. The fraction of sp³-hybridized carbons (Fsp3) is 0.167. The number of carboxylic acids is 1. The molecule has 148 valence electrons. The predicted molar refractivity (Wildman–Crippen MR) is 112 cm³/mol. The third kappa shape index (κ3) is 5.69. The van der Waals surface area contributed by atoms with E-state index in [2.05, 4.69) is 24.0 Å². The van der Waals surface area contributed by atoms with Gasteiger partial charge >= 0.3 is 5.97 Å². The van der Waals surface area contributed by atoms with Crippen molar-refractivity contribution in [2.45, 2.75) is 27.4 Å². The van der Waals surface area contributed by atoms with Crippen molar-refractivity contribution < 1.29 is 19.4 Å². The van der Waals surface area contributed by atoms with E-state index in [0.29, 0.717) is 24.0 Å². The van der Waals surface area contributed by atoms with E-state index in [9.17, 15) is 4.79 Å². The third-order valence-electron chi connectivity index (χ3n) is 4.34. The van der Waals surface area contributed by atoms with Crippen LogP contribution in [-0.2, 0) is 11.4 Å². The summed E-state index contributed by atoms with van der Waals surface area (Å²) >= 11 is 0. The van der Waals surface area contributed by atoms with Crippen molar-refractivity contribution in [2.24, 2.45) is 0 Å². The highest BCUT2D eigenvalue weighted by Gasteiger charge is 2.08. The van der Waals surface area contributed by atoms with Crippen LogP contribution in [0.1, 0.15) is 27.8 Å². The summed E-state index contributed by atoms with van der Waals surface area (Å²) in [7, 11) is 0. The highest BCUT2D eigenvalue weighted by atomic mass is 16.5. The first kappa shape index (κ1) is 20.1. The lowest BCUT2D eigenvalue weighted by Gasteiger charge is -2.13. The molecule has 0 bridgehead atoms. The van der Waals surface area contributed by atoms with Crippen molar-refractivity contribution in [1.82, 2.24) is 4.98 Å². The van der Waals surface area contributed by atoms with Crippen LogP contribution in [0.25, 0.3) is 6.08 Å². The Hall–Kier alpha value is -3.60. The molecule has 0 amide bonds. The molecule has 0 aliphatic carbocycles. The van der Waals surface area contributed by atoms with E-state index in [1.54, 1.807) is 18.3 Å². The second kappa shape index (κ2) is 9.06. The Labute approximate surface area is 170 Å². The Morgan fingerprint density at radius 3 is 2.31 bits per heavy atom. The van der Waals surface area contributed by atoms with Crippen molar-refractivity contribution in [3.8, 4) is 17.4 Å². The van der Waals surface area contributed by atoms with Gasteiger partial charge in [-0.15, -0.1) is 0 Å². The highest BCUT2D eigenvalue weighted by molar-refractivity contribution is 5.85. The summed E-state index contributed by atoms with van der Waals surface area (Å²) in [5, 5.41) is 8.77. The zero-order chi connectivity index (χ0) is 20.8. The van der Waals surface area contributed by atoms with Crippen LogP contribution in [-0.4, -0.2) is 16.1 Å². The van der Waals surface area contributed by atoms with Gasteiger partial charge in [0.25, 0.3) is 0 Å². The molecule has 1 heterocycles. The third-order valence-corrected chi connectivity index (χ3v) is 4.34. The van der Waals surface area contributed by atoms with Gasteiger partial charge in [-0.05, 0) is 67.3 Å². The molecule has 1 aromatic heterocycles. The molecule has 0 aliphatic heterocycles. The lowest BCUT2D eigenvalue weighted by atomic mass is 10.1. The number of nitrogens with zero attached hydrogens (tertiary/aromatic N) is 1. The first-order valence-electron chi connectivity index (χ1n) is 9.25. The van der Waals surface area contributed by atoms with Crippen LogP contribution in [0.5, 0.6) is 17.4 Å². The minimum Gasteiger partial charge on any atom is -0.487 e. The number of aryl methyl sites for hydroxylation is 3. The number of pyridine rings is 1. The van der Waals surface area contributed by atoms with E-state index in [1.165, 1.54) is 5.56 Å². The van der Waals surface area contributed by atoms with Gasteiger partial charge in [0.05, 0.1) is 6.20 Å². The summed E-state index contributed by atoms with van der Waals surface area (Å²) in [5.74, 6) is 0.862. The summed E-state index contributed by atoms with van der Waals surface area (Å²) in [6.07, 6.45) is 4.31. The molecule has 29 heavy (non-hydrogen) atoms. The molecule has 0 saturated heterocycles. The van der Waals surface area contributed by atoms with Gasteiger partial charge in [-0.25, -0.2) is 9.78 Å². The number of aromatic nitrogens is 1. The standard InChI is InChI=1S/C24H23NO4/c1-16-4-6-19(7-5-16)15-28-21-9-10-22(25-14-21)29-24-17(2)12-20(13-18(24)3)8-11-23(26)27/h4-14H,15H2,1-3H3,(H,26,27). The molecule has 2 aromatic carbocycles. The first-order valence-corrected chi connectivity index (χ1v) is 9.25. The summed E-state index contributed by atoms with van der Waals surface area (Å²) in [6, 6.07) is 15.5. The average molecular weight is 389 g/mol. The van der Waals surface area contributed by atoms with Crippen LogP contribution in [0.15, 0.2) is 60.8 Å². The van der Waals surface area contributed by atoms with Gasteiger partial charge < -0.3 is 14.6 Å². The summed E-state index contributed by atoms with van der Waals surface area (Å²) in [4.78, 5) is 15.0. The molecular weight excluding hydrogens is 366 g/mol. The maximum atomic E-state index is 10.7. The van der Waals surface area contributed by atoms with Crippen molar-refractivity contribution >= 4 is 12.0 Å². The minimum absolute atomic E-state index is 0.465. The molecule has 5 heteroatoms. The second-order valence-electron chi connectivity index (χ2n) is 6.86. The maximum absolute atomic E-state index is 10.7. The number of hydrogen-bond donors (Lipinski definition) is 1. The Morgan fingerprint density at radius 2 is 1.72 bits per heavy atom. The van der Waals surface area contributed by atoms with Gasteiger partial charge in [0.1, 0.15) is 18.1 Å². The van der Waals surface area contributed by atoms with Crippen molar-refractivity contribution in [2.75, 3.05) is 0 Å². The Balaban J connectivity index is 1.66. The highest BCUT2D eigenvalue weighted by Crippen LogP contribution is 2.30. The van der Waals surface area contributed by atoms with Crippen LogP contribution in [0.3, 0.4) is 0 Å². The van der Waals surface area contributed by atoms with Crippen molar-refractivity contribution in [3.63, 3.8) is 0 Å². The maximum Gasteiger partial charge on any atom is 0.328 e. The topological polar surface area (TPSA) is 68.7 Å². The van der Waals surface area contributed by atoms with Gasteiger partial charge in [0.2, 0.25) is 5.88 Å². The van der Waals surface area contributed by atoms with Crippen molar-refractivity contribution in [3.05, 3.63) is 88.6 Å². The van der Waals surface area contributed by atoms with Crippen LogP contribution >= 0.6 is 0 Å². The number of benzene rings is 2. The molecule has 0 spiro atoms. The largest absolute Gasteiger partial charge is 0.487 e.